The Morgan fingerprint density at radius 3 is 1.76 bits per heavy atom. The molecular formula is C21H29N3O. The van der Waals surface area contributed by atoms with Crippen LogP contribution in [-0.4, -0.2) is 55.4 Å². The fourth-order valence-corrected chi connectivity index (χ4v) is 3.68. The maximum atomic E-state index is 5.89. The third-order valence-electron chi connectivity index (χ3n) is 4.91. The zero-order valence-electron chi connectivity index (χ0n) is 15.1. The molecule has 1 aliphatic heterocycles. The standard InChI is InChI=1S/C21H29N3O/c1-2-25-20(17-22)23-13-15-24(16-14-23)21(18-9-5-3-6-10-18)19-11-7-4-8-12-19/h3-12,20-21H,2,13-17,22H2,1H3. The van der Waals surface area contributed by atoms with Gasteiger partial charge in [0.05, 0.1) is 6.04 Å². The van der Waals surface area contributed by atoms with Crippen molar-refractivity contribution in [3.8, 4) is 0 Å². The Bertz CT molecular complexity index is 572. The molecule has 2 aromatic rings. The van der Waals surface area contributed by atoms with Crippen molar-refractivity contribution >= 4 is 0 Å². The second-order valence-electron chi connectivity index (χ2n) is 6.44. The SMILES string of the molecule is CCOC(CN)N1CCN(C(c2ccccc2)c2ccccc2)CC1. The van der Waals surface area contributed by atoms with E-state index in [1.54, 1.807) is 0 Å². The molecule has 0 aromatic heterocycles. The highest BCUT2D eigenvalue weighted by Crippen LogP contribution is 2.29. The average Bonchev–Trinajstić information content (AvgIpc) is 2.69. The molecule has 1 atom stereocenters. The van der Waals surface area contributed by atoms with Gasteiger partial charge in [0, 0.05) is 39.3 Å². The van der Waals surface area contributed by atoms with Crippen molar-refractivity contribution in [1.82, 2.24) is 9.80 Å². The number of hydrogen-bond acceptors (Lipinski definition) is 4. The monoisotopic (exact) mass is 339 g/mol. The average molecular weight is 339 g/mol. The van der Waals surface area contributed by atoms with Gasteiger partial charge in [0.25, 0.3) is 0 Å². The molecule has 0 bridgehead atoms. The molecule has 1 unspecified atom stereocenters. The van der Waals surface area contributed by atoms with Gasteiger partial charge in [-0.1, -0.05) is 60.7 Å². The first-order chi connectivity index (χ1) is 12.3. The third kappa shape index (κ3) is 4.47. The number of piperazine rings is 1. The molecule has 3 rings (SSSR count). The van der Waals surface area contributed by atoms with Crippen LogP contribution in [0.25, 0.3) is 0 Å². The molecule has 25 heavy (non-hydrogen) atoms. The van der Waals surface area contributed by atoms with Gasteiger partial charge < -0.3 is 10.5 Å². The molecule has 4 nitrogen and oxygen atoms in total. The summed E-state index contributed by atoms with van der Waals surface area (Å²) in [6, 6.07) is 21.9. The molecule has 1 fully saturated rings. The Morgan fingerprint density at radius 1 is 0.840 bits per heavy atom. The molecule has 0 spiro atoms. The van der Waals surface area contributed by atoms with Crippen molar-refractivity contribution < 1.29 is 4.74 Å². The highest BCUT2D eigenvalue weighted by atomic mass is 16.5. The van der Waals surface area contributed by atoms with Crippen LogP contribution in [0.2, 0.25) is 0 Å². The summed E-state index contributed by atoms with van der Waals surface area (Å²) < 4.78 is 5.78. The minimum absolute atomic E-state index is 0.0408. The van der Waals surface area contributed by atoms with Crippen LogP contribution in [0.4, 0.5) is 0 Å². The number of benzene rings is 2. The molecule has 0 saturated carbocycles. The van der Waals surface area contributed by atoms with Crippen molar-refractivity contribution in [2.45, 2.75) is 19.2 Å². The van der Waals surface area contributed by atoms with Crippen molar-refractivity contribution in [3.63, 3.8) is 0 Å². The van der Waals surface area contributed by atoms with Crippen LogP contribution < -0.4 is 5.73 Å². The Morgan fingerprint density at radius 2 is 1.32 bits per heavy atom. The smallest absolute Gasteiger partial charge is 0.123 e. The van der Waals surface area contributed by atoms with E-state index < -0.39 is 0 Å². The zero-order valence-corrected chi connectivity index (χ0v) is 15.1. The molecule has 134 valence electrons. The van der Waals surface area contributed by atoms with Crippen LogP contribution in [0.15, 0.2) is 60.7 Å². The van der Waals surface area contributed by atoms with Crippen molar-refractivity contribution in [2.75, 3.05) is 39.3 Å². The highest BCUT2D eigenvalue weighted by molar-refractivity contribution is 5.31. The first-order valence-corrected chi connectivity index (χ1v) is 9.23. The summed E-state index contributed by atoms with van der Waals surface area (Å²) >= 11 is 0. The fourth-order valence-electron chi connectivity index (χ4n) is 3.68. The van der Waals surface area contributed by atoms with Crippen LogP contribution in [-0.2, 0) is 4.74 Å². The second kappa shape index (κ2) is 9.11. The summed E-state index contributed by atoms with van der Waals surface area (Å²) in [4.78, 5) is 4.94. The van der Waals surface area contributed by atoms with E-state index in [0.29, 0.717) is 19.2 Å². The van der Waals surface area contributed by atoms with Crippen LogP contribution in [0.5, 0.6) is 0 Å². The minimum atomic E-state index is 0.0408. The van der Waals surface area contributed by atoms with Crippen LogP contribution in [0.1, 0.15) is 24.1 Å². The fraction of sp³-hybridized carbons (Fsp3) is 0.429. The van der Waals surface area contributed by atoms with Crippen LogP contribution >= 0.6 is 0 Å². The van der Waals surface area contributed by atoms with E-state index >= 15 is 0 Å². The number of rotatable bonds is 7. The van der Waals surface area contributed by atoms with Gasteiger partial charge in [-0.15, -0.1) is 0 Å². The molecule has 2 aromatic carbocycles. The molecule has 1 saturated heterocycles. The molecular weight excluding hydrogens is 310 g/mol. The van der Waals surface area contributed by atoms with E-state index in [4.69, 9.17) is 10.5 Å². The van der Waals surface area contributed by atoms with Crippen molar-refractivity contribution in [3.05, 3.63) is 71.8 Å². The molecule has 1 heterocycles. The van der Waals surface area contributed by atoms with Crippen LogP contribution in [0.3, 0.4) is 0 Å². The van der Waals surface area contributed by atoms with Crippen LogP contribution in [0, 0.1) is 0 Å². The Balaban J connectivity index is 1.75. The van der Waals surface area contributed by atoms with E-state index in [1.165, 1.54) is 11.1 Å². The van der Waals surface area contributed by atoms with E-state index in [1.807, 2.05) is 6.92 Å². The summed E-state index contributed by atoms with van der Waals surface area (Å²) in [7, 11) is 0. The molecule has 2 N–H and O–H groups in total. The lowest BCUT2D eigenvalue weighted by molar-refractivity contribution is -0.0688. The first kappa shape index (κ1) is 18.1. The summed E-state index contributed by atoms with van der Waals surface area (Å²) in [6.45, 7) is 7.28. The van der Waals surface area contributed by atoms with Crippen molar-refractivity contribution in [2.24, 2.45) is 5.73 Å². The maximum Gasteiger partial charge on any atom is 0.123 e. The topological polar surface area (TPSA) is 41.7 Å². The minimum Gasteiger partial charge on any atom is -0.362 e. The van der Waals surface area contributed by atoms with Gasteiger partial charge in [0.2, 0.25) is 0 Å². The molecule has 0 aliphatic carbocycles. The Kier molecular flexibility index (Phi) is 6.59. The number of hydrogen-bond donors (Lipinski definition) is 1. The number of ether oxygens (including phenoxy) is 1. The summed E-state index contributed by atoms with van der Waals surface area (Å²) in [5.74, 6) is 0. The van der Waals surface area contributed by atoms with Gasteiger partial charge >= 0.3 is 0 Å². The van der Waals surface area contributed by atoms with E-state index in [2.05, 4.69) is 70.5 Å². The Hall–Kier alpha value is -1.72. The predicted octanol–water partition coefficient (Wildman–Crippen LogP) is 2.71. The van der Waals surface area contributed by atoms with Gasteiger partial charge in [-0.25, -0.2) is 0 Å². The Labute approximate surface area is 151 Å². The zero-order chi connectivity index (χ0) is 17.5. The van der Waals surface area contributed by atoms with Gasteiger partial charge in [-0.2, -0.15) is 0 Å². The lowest BCUT2D eigenvalue weighted by Crippen LogP contribution is -2.53. The maximum absolute atomic E-state index is 5.89. The van der Waals surface area contributed by atoms with Gasteiger partial charge in [0.1, 0.15) is 6.23 Å². The predicted molar refractivity (Wildman–Crippen MR) is 102 cm³/mol. The third-order valence-corrected chi connectivity index (χ3v) is 4.91. The van der Waals surface area contributed by atoms with Gasteiger partial charge in [0.15, 0.2) is 0 Å². The molecule has 0 radical (unpaired) electrons. The highest BCUT2D eigenvalue weighted by Gasteiger charge is 2.28. The van der Waals surface area contributed by atoms with Crippen molar-refractivity contribution in [1.29, 1.82) is 0 Å². The van der Waals surface area contributed by atoms with E-state index in [0.717, 1.165) is 26.2 Å². The summed E-state index contributed by atoms with van der Waals surface area (Å²) in [5.41, 5.74) is 8.58. The second-order valence-corrected chi connectivity index (χ2v) is 6.44. The summed E-state index contributed by atoms with van der Waals surface area (Å²) in [6.07, 6.45) is 0.0408. The molecule has 1 aliphatic rings. The summed E-state index contributed by atoms with van der Waals surface area (Å²) in [5, 5.41) is 0. The van der Waals surface area contributed by atoms with E-state index in [-0.39, 0.29) is 6.23 Å². The van der Waals surface area contributed by atoms with E-state index in [9.17, 15) is 0 Å². The largest absolute Gasteiger partial charge is 0.362 e. The van der Waals surface area contributed by atoms with Gasteiger partial charge in [-0.05, 0) is 18.1 Å². The quantitative estimate of drug-likeness (QED) is 0.842. The molecule has 4 heteroatoms. The lowest BCUT2D eigenvalue weighted by atomic mass is 9.96. The first-order valence-electron chi connectivity index (χ1n) is 9.23. The number of nitrogens with zero attached hydrogens (tertiary/aromatic N) is 2. The van der Waals surface area contributed by atoms with Gasteiger partial charge in [-0.3, -0.25) is 9.80 Å². The lowest BCUT2D eigenvalue weighted by Gasteiger charge is -2.42. The molecule has 0 amide bonds. The normalized spacial score (nSPS) is 17.7. The number of nitrogens with two attached hydrogens (primary N) is 1.